The minimum absolute atomic E-state index is 0. The summed E-state index contributed by atoms with van der Waals surface area (Å²) in [5.74, 6) is 0. The molecule has 0 amide bonds. The predicted octanol–water partition coefficient (Wildman–Crippen LogP) is 1.21. The summed E-state index contributed by atoms with van der Waals surface area (Å²) in [5.41, 5.74) is 0. The summed E-state index contributed by atoms with van der Waals surface area (Å²) >= 11 is 0. The lowest BCUT2D eigenvalue weighted by atomic mass is 10.1. The lowest BCUT2D eigenvalue weighted by Crippen LogP contribution is -3.00. The van der Waals surface area contributed by atoms with Gasteiger partial charge in [-0.1, -0.05) is 58.3 Å². The van der Waals surface area contributed by atoms with Gasteiger partial charge in [-0.05, 0) is 12.8 Å². The van der Waals surface area contributed by atoms with Crippen LogP contribution in [0.15, 0.2) is 18.7 Å². The number of hydrogen-bond acceptors (Lipinski definition) is 1. The Morgan fingerprint density at radius 2 is 1.48 bits per heavy atom. The van der Waals surface area contributed by atoms with E-state index in [1.165, 1.54) is 64.2 Å². The number of unbranched alkanes of at least 4 members (excludes halogenated alkanes) is 9. The zero-order valence-corrected chi connectivity index (χ0v) is 14.6. The Kier molecular flexibility index (Phi) is 12.8. The second-order valence-electron chi connectivity index (χ2n) is 5.91. The SMILES string of the molecule is CCCCCCCCCCCC[n+]1ccn(C(C)O)c1.[Cl-]. The molecule has 3 nitrogen and oxygen atoms in total. The van der Waals surface area contributed by atoms with Crippen molar-refractivity contribution >= 4 is 0 Å². The average Bonchev–Trinajstić information content (AvgIpc) is 2.90. The van der Waals surface area contributed by atoms with Gasteiger partial charge in [0.1, 0.15) is 12.4 Å². The van der Waals surface area contributed by atoms with Crippen LogP contribution in [0.4, 0.5) is 0 Å². The molecule has 1 aromatic rings. The molecule has 0 radical (unpaired) electrons. The smallest absolute Gasteiger partial charge is 0.245 e. The Labute approximate surface area is 136 Å². The number of rotatable bonds is 12. The molecule has 0 spiro atoms. The fourth-order valence-electron chi connectivity index (χ4n) is 2.55. The first kappa shape index (κ1) is 20.5. The molecule has 1 atom stereocenters. The molecule has 1 unspecified atom stereocenters. The molecule has 21 heavy (non-hydrogen) atoms. The van der Waals surface area contributed by atoms with E-state index in [4.69, 9.17) is 0 Å². The third-order valence-corrected chi connectivity index (χ3v) is 3.91. The van der Waals surface area contributed by atoms with Gasteiger partial charge >= 0.3 is 0 Å². The number of aromatic nitrogens is 2. The molecule has 0 saturated heterocycles. The molecule has 0 bridgehead atoms. The molecule has 1 aromatic heterocycles. The summed E-state index contributed by atoms with van der Waals surface area (Å²) < 4.78 is 3.99. The Morgan fingerprint density at radius 3 is 1.95 bits per heavy atom. The van der Waals surface area contributed by atoms with Crippen LogP contribution in [0.2, 0.25) is 0 Å². The molecule has 0 fully saturated rings. The molecule has 1 N–H and O–H groups in total. The maximum Gasteiger partial charge on any atom is 0.245 e. The fraction of sp³-hybridized carbons (Fsp3) is 0.824. The van der Waals surface area contributed by atoms with Crippen molar-refractivity contribution in [3.05, 3.63) is 18.7 Å². The Balaban J connectivity index is 0.00000400. The lowest BCUT2D eigenvalue weighted by molar-refractivity contribution is -0.697. The van der Waals surface area contributed by atoms with Gasteiger partial charge in [0.25, 0.3) is 0 Å². The summed E-state index contributed by atoms with van der Waals surface area (Å²) in [5, 5.41) is 9.43. The first-order chi connectivity index (χ1) is 9.74. The summed E-state index contributed by atoms with van der Waals surface area (Å²) in [6.45, 7) is 5.12. The predicted molar refractivity (Wildman–Crippen MR) is 83.4 cm³/mol. The normalized spacial score (nSPS) is 12.1. The molecule has 1 heterocycles. The van der Waals surface area contributed by atoms with Gasteiger partial charge in [0, 0.05) is 6.92 Å². The highest BCUT2D eigenvalue weighted by atomic mass is 35.5. The highest BCUT2D eigenvalue weighted by Crippen LogP contribution is 2.10. The molecular weight excluding hydrogens is 284 g/mol. The van der Waals surface area contributed by atoms with Crippen molar-refractivity contribution in [1.82, 2.24) is 4.57 Å². The van der Waals surface area contributed by atoms with Gasteiger partial charge in [-0.25, -0.2) is 9.13 Å². The number of hydrogen-bond donors (Lipinski definition) is 1. The van der Waals surface area contributed by atoms with Crippen LogP contribution >= 0.6 is 0 Å². The highest BCUT2D eigenvalue weighted by molar-refractivity contribution is 4.67. The minimum atomic E-state index is -0.427. The van der Waals surface area contributed by atoms with E-state index in [-0.39, 0.29) is 12.4 Å². The van der Waals surface area contributed by atoms with Gasteiger partial charge in [0.15, 0.2) is 6.23 Å². The van der Waals surface area contributed by atoms with Crippen molar-refractivity contribution in [3.63, 3.8) is 0 Å². The van der Waals surface area contributed by atoms with E-state index in [1.807, 2.05) is 23.3 Å². The molecule has 4 heteroatoms. The third kappa shape index (κ3) is 9.92. The van der Waals surface area contributed by atoms with Crippen molar-refractivity contribution in [2.45, 2.75) is 90.8 Å². The van der Waals surface area contributed by atoms with Crippen LogP contribution in [0, 0.1) is 0 Å². The molecule has 0 aliphatic rings. The monoisotopic (exact) mass is 316 g/mol. The van der Waals surface area contributed by atoms with Crippen molar-refractivity contribution < 1.29 is 22.1 Å². The molecule has 1 rings (SSSR count). The number of aliphatic hydroxyl groups excluding tert-OH is 1. The van der Waals surface area contributed by atoms with Crippen molar-refractivity contribution in [1.29, 1.82) is 0 Å². The minimum Gasteiger partial charge on any atom is -1.00 e. The molecule has 0 aliphatic carbocycles. The van der Waals surface area contributed by atoms with Crippen LogP contribution in [0.5, 0.6) is 0 Å². The van der Waals surface area contributed by atoms with Crippen LogP contribution in [0.25, 0.3) is 0 Å². The largest absolute Gasteiger partial charge is 1.00 e. The third-order valence-electron chi connectivity index (χ3n) is 3.91. The van der Waals surface area contributed by atoms with E-state index in [1.54, 1.807) is 6.92 Å². The molecule has 0 saturated carbocycles. The van der Waals surface area contributed by atoms with Gasteiger partial charge in [0.2, 0.25) is 6.33 Å². The summed E-state index contributed by atoms with van der Waals surface area (Å²) in [6, 6.07) is 0. The highest BCUT2D eigenvalue weighted by Gasteiger charge is 2.07. The van der Waals surface area contributed by atoms with E-state index >= 15 is 0 Å². The van der Waals surface area contributed by atoms with E-state index in [2.05, 4.69) is 11.5 Å². The first-order valence-electron chi connectivity index (χ1n) is 8.48. The number of aliphatic hydroxyl groups is 1. The number of halogens is 1. The zero-order valence-electron chi connectivity index (χ0n) is 13.8. The van der Waals surface area contributed by atoms with Crippen LogP contribution in [-0.4, -0.2) is 9.67 Å². The Morgan fingerprint density at radius 1 is 0.952 bits per heavy atom. The van der Waals surface area contributed by atoms with Crippen molar-refractivity contribution in [3.8, 4) is 0 Å². The quantitative estimate of drug-likeness (QED) is 0.456. The number of imidazole rings is 1. The van der Waals surface area contributed by atoms with Crippen LogP contribution in [0.1, 0.15) is 84.3 Å². The van der Waals surface area contributed by atoms with Gasteiger partial charge in [-0.2, -0.15) is 0 Å². The standard InChI is InChI=1S/C17H33N2O.ClH/c1-3-4-5-6-7-8-9-10-11-12-13-18-14-15-19(16-18)17(2)20;/h14-17,20H,3-13H2,1-2H3;1H/q+1;/p-1. The Bertz CT molecular complexity index is 339. The van der Waals surface area contributed by atoms with Gasteiger partial charge in [-0.3, -0.25) is 0 Å². The Hall–Kier alpha value is -0.540. The van der Waals surface area contributed by atoms with E-state index in [9.17, 15) is 5.11 Å². The van der Waals surface area contributed by atoms with Crippen LogP contribution < -0.4 is 17.0 Å². The van der Waals surface area contributed by atoms with Crippen LogP contribution in [-0.2, 0) is 6.54 Å². The number of nitrogens with zero attached hydrogens (tertiary/aromatic N) is 2. The molecule has 0 aromatic carbocycles. The topological polar surface area (TPSA) is 29.0 Å². The molecule has 0 aliphatic heterocycles. The van der Waals surface area contributed by atoms with E-state index in [0.717, 1.165) is 6.54 Å². The van der Waals surface area contributed by atoms with Gasteiger partial charge < -0.3 is 17.5 Å². The lowest BCUT2D eigenvalue weighted by Gasteiger charge is -2.01. The second-order valence-corrected chi connectivity index (χ2v) is 5.91. The summed E-state index contributed by atoms with van der Waals surface area (Å²) in [6.07, 6.45) is 19.3. The average molecular weight is 317 g/mol. The zero-order chi connectivity index (χ0) is 14.6. The first-order valence-corrected chi connectivity index (χ1v) is 8.48. The van der Waals surface area contributed by atoms with Gasteiger partial charge in [-0.15, -0.1) is 0 Å². The van der Waals surface area contributed by atoms with E-state index in [0.29, 0.717) is 0 Å². The fourth-order valence-corrected chi connectivity index (χ4v) is 2.55. The molecule has 124 valence electrons. The van der Waals surface area contributed by atoms with Crippen molar-refractivity contribution in [2.24, 2.45) is 0 Å². The maximum absolute atomic E-state index is 9.43. The second kappa shape index (κ2) is 13.1. The summed E-state index contributed by atoms with van der Waals surface area (Å²) in [7, 11) is 0. The van der Waals surface area contributed by atoms with E-state index < -0.39 is 6.23 Å². The number of aryl methyl sites for hydroxylation is 1. The summed E-state index contributed by atoms with van der Waals surface area (Å²) in [4.78, 5) is 0. The van der Waals surface area contributed by atoms with Gasteiger partial charge in [0.05, 0.1) is 6.54 Å². The maximum atomic E-state index is 9.43. The van der Waals surface area contributed by atoms with Crippen molar-refractivity contribution in [2.75, 3.05) is 0 Å². The van der Waals surface area contributed by atoms with Crippen LogP contribution in [0.3, 0.4) is 0 Å². The molecular formula is C17H33ClN2O.